The number of fused-ring (bicyclic) bond motifs is 1. The first-order valence-corrected chi connectivity index (χ1v) is 5.31. The lowest BCUT2D eigenvalue weighted by atomic mass is 9.95. The maximum Gasteiger partial charge on any atom is 0.460 e. The molecule has 0 N–H and O–H groups in total. The van der Waals surface area contributed by atoms with Gasteiger partial charge in [0.15, 0.2) is 0 Å². The normalized spacial score (nSPS) is 13.8. The van der Waals surface area contributed by atoms with Crippen molar-refractivity contribution in [3.63, 3.8) is 0 Å². The molecule has 0 fully saturated rings. The van der Waals surface area contributed by atoms with E-state index >= 15 is 0 Å². The zero-order chi connectivity index (χ0) is 15.2. The van der Waals surface area contributed by atoms with E-state index in [0.29, 0.717) is 6.07 Å². The maximum absolute atomic E-state index is 13.7. The van der Waals surface area contributed by atoms with Gasteiger partial charge in [0.25, 0.3) is 0 Å². The van der Waals surface area contributed by atoms with Gasteiger partial charge in [-0.3, -0.25) is 0 Å². The van der Waals surface area contributed by atoms with Gasteiger partial charge >= 0.3 is 18.0 Å². The quantitative estimate of drug-likeness (QED) is 0.689. The van der Waals surface area contributed by atoms with Gasteiger partial charge in [-0.15, -0.1) is 0 Å². The van der Waals surface area contributed by atoms with Crippen molar-refractivity contribution in [1.29, 1.82) is 0 Å². The summed E-state index contributed by atoms with van der Waals surface area (Å²) in [6.45, 7) is 0. The minimum atomic E-state index is -6.35. The van der Waals surface area contributed by atoms with Gasteiger partial charge in [0.2, 0.25) is 0 Å². The highest BCUT2D eigenvalue weighted by Gasteiger charge is 2.73. The van der Waals surface area contributed by atoms with Gasteiger partial charge in [-0.1, -0.05) is 36.4 Å². The summed E-state index contributed by atoms with van der Waals surface area (Å²) in [5.74, 6) is -11.5. The summed E-state index contributed by atoms with van der Waals surface area (Å²) in [6, 6.07) is 8.93. The third-order valence-electron chi connectivity index (χ3n) is 2.79. The topological polar surface area (TPSA) is 0 Å². The summed E-state index contributed by atoms with van der Waals surface area (Å²) < 4.78 is 90.0. The van der Waals surface area contributed by atoms with E-state index in [-0.39, 0.29) is 5.39 Å². The molecule has 0 bridgehead atoms. The standard InChI is InChI=1S/C13H6F7/c14-11(15,12(16,17)13(18,19)20)10-7-3-5-8-4-1-2-6-9(8)10/h1-4,6-7H. The second-order valence-electron chi connectivity index (χ2n) is 4.08. The second kappa shape index (κ2) is 4.36. The highest BCUT2D eigenvalue weighted by molar-refractivity contribution is 5.85. The highest BCUT2D eigenvalue weighted by Crippen LogP contribution is 2.52. The lowest BCUT2D eigenvalue weighted by Crippen LogP contribution is -2.50. The van der Waals surface area contributed by atoms with Crippen LogP contribution < -0.4 is 0 Å². The molecule has 2 aromatic carbocycles. The molecule has 0 nitrogen and oxygen atoms in total. The van der Waals surface area contributed by atoms with Gasteiger partial charge in [0.1, 0.15) is 0 Å². The summed E-state index contributed by atoms with van der Waals surface area (Å²) in [5.41, 5.74) is -1.38. The van der Waals surface area contributed by atoms with E-state index in [4.69, 9.17) is 0 Å². The van der Waals surface area contributed by atoms with Crippen molar-refractivity contribution in [1.82, 2.24) is 0 Å². The lowest BCUT2D eigenvalue weighted by Gasteiger charge is -2.29. The van der Waals surface area contributed by atoms with Crippen LogP contribution in [0, 0.1) is 6.07 Å². The van der Waals surface area contributed by atoms with E-state index in [9.17, 15) is 30.7 Å². The molecule has 1 radical (unpaired) electrons. The van der Waals surface area contributed by atoms with Crippen LogP contribution in [0.2, 0.25) is 0 Å². The molecule has 0 amide bonds. The molecule has 0 aliphatic carbocycles. The molecular formula is C13H6F7. The number of hydrogen-bond donors (Lipinski definition) is 0. The second-order valence-corrected chi connectivity index (χ2v) is 4.08. The lowest BCUT2D eigenvalue weighted by molar-refractivity contribution is -0.359. The van der Waals surface area contributed by atoms with Crippen LogP contribution in [-0.4, -0.2) is 12.1 Å². The van der Waals surface area contributed by atoms with E-state index in [2.05, 4.69) is 6.07 Å². The number of hydrogen-bond acceptors (Lipinski definition) is 0. The highest BCUT2D eigenvalue weighted by atomic mass is 19.4. The summed E-state index contributed by atoms with van der Waals surface area (Å²) in [6.07, 6.45) is -6.35. The fourth-order valence-electron chi connectivity index (χ4n) is 1.77. The molecule has 2 rings (SSSR count). The minimum absolute atomic E-state index is 0.0302. The first-order valence-electron chi connectivity index (χ1n) is 5.31. The predicted molar refractivity (Wildman–Crippen MR) is 57.7 cm³/mol. The molecule has 0 saturated carbocycles. The van der Waals surface area contributed by atoms with Crippen molar-refractivity contribution in [2.45, 2.75) is 18.0 Å². The third-order valence-corrected chi connectivity index (χ3v) is 2.79. The van der Waals surface area contributed by atoms with Crippen LogP contribution in [0.4, 0.5) is 30.7 Å². The van der Waals surface area contributed by atoms with Gasteiger partial charge in [-0.25, -0.2) is 0 Å². The molecule has 7 heteroatoms. The Labute approximate surface area is 108 Å². The fraction of sp³-hybridized carbons (Fsp3) is 0.231. The van der Waals surface area contributed by atoms with Gasteiger partial charge in [0, 0.05) is 5.56 Å². The van der Waals surface area contributed by atoms with Crippen LogP contribution in [0.1, 0.15) is 5.56 Å². The van der Waals surface area contributed by atoms with Gasteiger partial charge in [0.05, 0.1) is 0 Å². The third kappa shape index (κ3) is 2.01. The zero-order valence-electron chi connectivity index (χ0n) is 9.61. The monoisotopic (exact) mass is 295 g/mol. The van der Waals surface area contributed by atoms with E-state index in [1.807, 2.05) is 0 Å². The number of halogens is 7. The molecule has 0 aliphatic heterocycles. The largest absolute Gasteiger partial charge is 0.460 e. The van der Waals surface area contributed by atoms with Crippen LogP contribution in [0.3, 0.4) is 0 Å². The molecule has 20 heavy (non-hydrogen) atoms. The van der Waals surface area contributed by atoms with Crippen molar-refractivity contribution in [2.75, 3.05) is 0 Å². The van der Waals surface area contributed by atoms with Crippen LogP contribution in [0.25, 0.3) is 10.8 Å². The van der Waals surface area contributed by atoms with Crippen molar-refractivity contribution >= 4 is 10.8 Å². The van der Waals surface area contributed by atoms with Crippen molar-refractivity contribution in [2.24, 2.45) is 0 Å². The Bertz CT molecular complexity index is 623. The SMILES string of the molecule is FC(F)(F)C(F)(F)C(F)(F)c1cc[c]c2ccccc12. The van der Waals surface area contributed by atoms with E-state index in [1.54, 1.807) is 0 Å². The number of alkyl halides is 7. The molecule has 0 saturated heterocycles. The summed E-state index contributed by atoms with van der Waals surface area (Å²) >= 11 is 0. The Morgan fingerprint density at radius 3 is 2.00 bits per heavy atom. The Morgan fingerprint density at radius 2 is 1.40 bits per heavy atom. The van der Waals surface area contributed by atoms with Gasteiger partial charge in [-0.2, -0.15) is 30.7 Å². The van der Waals surface area contributed by atoms with Crippen molar-refractivity contribution in [3.8, 4) is 0 Å². The average Bonchev–Trinajstić information content (AvgIpc) is 2.36. The molecule has 0 spiro atoms. The fourth-order valence-corrected chi connectivity index (χ4v) is 1.77. The summed E-state index contributed by atoms with van der Waals surface area (Å²) in [5, 5.41) is -0.369. The molecule has 0 unspecified atom stereocenters. The Morgan fingerprint density at radius 1 is 0.800 bits per heavy atom. The first-order chi connectivity index (χ1) is 9.09. The van der Waals surface area contributed by atoms with Crippen molar-refractivity contribution in [3.05, 3.63) is 48.0 Å². The van der Waals surface area contributed by atoms with Crippen LogP contribution in [0.5, 0.6) is 0 Å². The molecule has 107 valence electrons. The molecule has 0 aliphatic rings. The number of rotatable bonds is 2. The molecule has 0 atom stereocenters. The first kappa shape index (κ1) is 14.6. The van der Waals surface area contributed by atoms with E-state index in [1.165, 1.54) is 18.2 Å². The Balaban J connectivity index is 2.69. The van der Waals surface area contributed by atoms with Gasteiger partial charge in [-0.05, 0) is 16.8 Å². The average molecular weight is 295 g/mol. The number of benzene rings is 2. The van der Waals surface area contributed by atoms with Crippen LogP contribution in [-0.2, 0) is 5.92 Å². The molecule has 2 aromatic rings. The van der Waals surface area contributed by atoms with E-state index in [0.717, 1.165) is 12.1 Å². The predicted octanol–water partition coefficient (Wildman–Crippen LogP) is 4.93. The maximum atomic E-state index is 13.7. The Hall–Kier alpha value is -1.79. The van der Waals surface area contributed by atoms with E-state index < -0.39 is 29.0 Å². The summed E-state index contributed by atoms with van der Waals surface area (Å²) in [7, 11) is 0. The molecular weight excluding hydrogens is 289 g/mol. The van der Waals surface area contributed by atoms with Crippen molar-refractivity contribution < 1.29 is 30.7 Å². The van der Waals surface area contributed by atoms with Crippen LogP contribution >= 0.6 is 0 Å². The Kier molecular flexibility index (Phi) is 3.19. The molecule has 0 heterocycles. The van der Waals surface area contributed by atoms with Gasteiger partial charge < -0.3 is 0 Å². The smallest absolute Gasteiger partial charge is 0.194 e. The minimum Gasteiger partial charge on any atom is -0.194 e. The zero-order valence-corrected chi connectivity index (χ0v) is 9.61. The summed E-state index contributed by atoms with van der Waals surface area (Å²) in [4.78, 5) is 0. The molecule has 0 aromatic heterocycles. The van der Waals surface area contributed by atoms with Crippen LogP contribution in [0.15, 0.2) is 36.4 Å².